The second-order valence-electron chi connectivity index (χ2n) is 5.26. The summed E-state index contributed by atoms with van der Waals surface area (Å²) in [7, 11) is 1.61. The van der Waals surface area contributed by atoms with Gasteiger partial charge in [0.25, 0.3) is 5.91 Å². The minimum absolute atomic E-state index is 0.231. The molecule has 3 rings (SSSR count). The van der Waals surface area contributed by atoms with Crippen LogP contribution in [0.1, 0.15) is 12.5 Å². The molecule has 0 bridgehead atoms. The molecule has 1 aromatic heterocycles. The first-order chi connectivity index (χ1) is 11.7. The highest BCUT2D eigenvalue weighted by atomic mass is 16.7. The van der Waals surface area contributed by atoms with Gasteiger partial charge in [0, 0.05) is 6.54 Å². The summed E-state index contributed by atoms with van der Waals surface area (Å²) in [6, 6.07) is 14.9. The number of fused-ring (bicyclic) bond motifs is 1. The van der Waals surface area contributed by atoms with Crippen LogP contribution >= 0.6 is 0 Å². The number of methoxy groups -OCH3 is 1. The number of carbonyl (C=O) groups is 1. The Balaban J connectivity index is 1.58. The molecule has 7 heteroatoms. The van der Waals surface area contributed by atoms with Crippen LogP contribution in [0.4, 0.5) is 0 Å². The maximum absolute atomic E-state index is 12.2. The van der Waals surface area contributed by atoms with Crippen LogP contribution in [-0.2, 0) is 11.3 Å². The lowest BCUT2D eigenvalue weighted by Crippen LogP contribution is -2.39. The van der Waals surface area contributed by atoms with Crippen molar-refractivity contribution >= 4 is 16.9 Å². The molecule has 0 radical (unpaired) electrons. The minimum Gasteiger partial charge on any atom is -0.497 e. The zero-order valence-electron chi connectivity index (χ0n) is 13.5. The van der Waals surface area contributed by atoms with Crippen LogP contribution in [0.15, 0.2) is 48.5 Å². The summed E-state index contributed by atoms with van der Waals surface area (Å²) in [6.07, 6.45) is -0.701. The molecule has 7 nitrogen and oxygen atoms in total. The fraction of sp³-hybridized carbons (Fsp3) is 0.235. The summed E-state index contributed by atoms with van der Waals surface area (Å²) in [5.74, 6) is 0.547. The number of hydrogen-bond donors (Lipinski definition) is 1. The summed E-state index contributed by atoms with van der Waals surface area (Å²) in [5, 5.41) is 10.7. The van der Waals surface area contributed by atoms with Gasteiger partial charge in [-0.05, 0) is 42.0 Å². The molecule has 0 saturated carbocycles. The molecule has 0 aliphatic heterocycles. The van der Waals surface area contributed by atoms with Crippen LogP contribution in [0.25, 0.3) is 11.0 Å². The fourth-order valence-corrected chi connectivity index (χ4v) is 2.20. The molecule has 2 aromatic carbocycles. The van der Waals surface area contributed by atoms with Gasteiger partial charge in [0.2, 0.25) is 6.10 Å². The lowest BCUT2D eigenvalue weighted by atomic mass is 10.2. The lowest BCUT2D eigenvalue weighted by Gasteiger charge is -2.14. The molecule has 0 aliphatic carbocycles. The van der Waals surface area contributed by atoms with Crippen LogP contribution in [0.2, 0.25) is 0 Å². The van der Waals surface area contributed by atoms with Crippen molar-refractivity contribution in [3.63, 3.8) is 0 Å². The number of ether oxygens (including phenoxy) is 1. The van der Waals surface area contributed by atoms with Gasteiger partial charge in [0.1, 0.15) is 16.8 Å². The van der Waals surface area contributed by atoms with Gasteiger partial charge in [-0.3, -0.25) is 4.79 Å². The molecule has 124 valence electrons. The summed E-state index contributed by atoms with van der Waals surface area (Å²) < 4.78 is 5.10. The molecule has 3 aromatic rings. The molecule has 1 heterocycles. The first-order valence-electron chi connectivity index (χ1n) is 7.55. The summed E-state index contributed by atoms with van der Waals surface area (Å²) >= 11 is 0. The van der Waals surface area contributed by atoms with E-state index >= 15 is 0 Å². The zero-order valence-corrected chi connectivity index (χ0v) is 13.5. The molecule has 1 unspecified atom stereocenters. The Morgan fingerprint density at radius 2 is 1.96 bits per heavy atom. The number of para-hydroxylation sites is 1. The second-order valence-corrected chi connectivity index (χ2v) is 5.26. The van der Waals surface area contributed by atoms with Gasteiger partial charge in [-0.15, -0.1) is 5.10 Å². The number of hydrogen-bond acceptors (Lipinski definition) is 5. The Kier molecular flexibility index (Phi) is 4.60. The van der Waals surface area contributed by atoms with E-state index in [9.17, 15) is 4.79 Å². The number of amides is 1. The minimum atomic E-state index is -0.701. The summed E-state index contributed by atoms with van der Waals surface area (Å²) in [5.41, 5.74) is 2.40. The van der Waals surface area contributed by atoms with Crippen molar-refractivity contribution in [3.05, 3.63) is 54.1 Å². The molecule has 1 N–H and O–H groups in total. The number of carbonyl (C=O) groups excluding carboxylic acids is 1. The predicted octanol–water partition coefficient (Wildman–Crippen LogP) is 1.57. The highest BCUT2D eigenvalue weighted by Crippen LogP contribution is 2.11. The van der Waals surface area contributed by atoms with Crippen LogP contribution in [0.5, 0.6) is 5.75 Å². The Morgan fingerprint density at radius 1 is 1.21 bits per heavy atom. The Labute approximate surface area is 139 Å². The van der Waals surface area contributed by atoms with E-state index in [1.807, 2.05) is 48.5 Å². The highest BCUT2D eigenvalue weighted by molar-refractivity contribution is 5.80. The third-order valence-corrected chi connectivity index (χ3v) is 3.57. The topological polar surface area (TPSA) is 78.3 Å². The Morgan fingerprint density at radius 3 is 2.71 bits per heavy atom. The molecule has 1 atom stereocenters. The Hall–Kier alpha value is -3.09. The maximum atomic E-state index is 12.2. The van der Waals surface area contributed by atoms with Crippen LogP contribution in [-0.4, -0.2) is 34.3 Å². The highest BCUT2D eigenvalue weighted by Gasteiger charge is 2.16. The van der Waals surface area contributed by atoms with Crippen molar-refractivity contribution in [1.82, 2.24) is 20.5 Å². The van der Waals surface area contributed by atoms with E-state index in [-0.39, 0.29) is 5.91 Å². The van der Waals surface area contributed by atoms with Crippen LogP contribution in [0.3, 0.4) is 0 Å². The molecule has 0 spiro atoms. The van der Waals surface area contributed by atoms with Crippen LogP contribution in [0, 0.1) is 0 Å². The van der Waals surface area contributed by atoms with Crippen molar-refractivity contribution in [2.45, 2.75) is 19.6 Å². The van der Waals surface area contributed by atoms with E-state index < -0.39 is 6.10 Å². The van der Waals surface area contributed by atoms with E-state index in [1.54, 1.807) is 14.0 Å². The number of aromatic nitrogens is 3. The van der Waals surface area contributed by atoms with Gasteiger partial charge in [-0.2, -0.15) is 0 Å². The average molecular weight is 326 g/mol. The largest absolute Gasteiger partial charge is 0.497 e. The first-order valence-corrected chi connectivity index (χ1v) is 7.55. The molecule has 0 fully saturated rings. The quantitative estimate of drug-likeness (QED) is 0.744. The standard InChI is InChI=1S/C17H18N4O3/c1-12(24-21-16-6-4-3-5-15(16)19-20-21)17(22)18-11-13-7-9-14(23-2)10-8-13/h3-10,12H,11H2,1-2H3,(H,18,22). The van der Waals surface area contributed by atoms with E-state index in [1.165, 1.54) is 4.85 Å². The summed E-state index contributed by atoms with van der Waals surface area (Å²) in [4.78, 5) is 19.0. The fourth-order valence-electron chi connectivity index (χ4n) is 2.20. The number of nitrogens with one attached hydrogen (secondary N) is 1. The Bertz CT molecular complexity index is 829. The number of nitrogens with zero attached hydrogens (tertiary/aromatic N) is 3. The van der Waals surface area contributed by atoms with Crippen molar-refractivity contribution in [2.24, 2.45) is 0 Å². The molecule has 0 aliphatic rings. The van der Waals surface area contributed by atoms with E-state index in [4.69, 9.17) is 9.57 Å². The van der Waals surface area contributed by atoms with E-state index in [0.717, 1.165) is 11.3 Å². The van der Waals surface area contributed by atoms with Gasteiger partial charge in [0.15, 0.2) is 0 Å². The maximum Gasteiger partial charge on any atom is 0.263 e. The number of benzene rings is 2. The van der Waals surface area contributed by atoms with Crippen molar-refractivity contribution < 1.29 is 14.4 Å². The lowest BCUT2D eigenvalue weighted by molar-refractivity contribution is -0.133. The summed E-state index contributed by atoms with van der Waals surface area (Å²) in [6.45, 7) is 2.08. The number of rotatable bonds is 6. The van der Waals surface area contributed by atoms with Gasteiger partial charge in [0.05, 0.1) is 7.11 Å². The molecule has 0 saturated heterocycles. The molecular weight excluding hydrogens is 308 g/mol. The smallest absolute Gasteiger partial charge is 0.263 e. The SMILES string of the molecule is COc1ccc(CNC(=O)C(C)On2nnc3ccccc32)cc1. The molecular formula is C17H18N4O3. The average Bonchev–Trinajstić information content (AvgIpc) is 3.03. The third-order valence-electron chi connectivity index (χ3n) is 3.57. The van der Waals surface area contributed by atoms with Gasteiger partial charge in [-0.1, -0.05) is 29.1 Å². The van der Waals surface area contributed by atoms with Gasteiger partial charge < -0.3 is 14.9 Å². The van der Waals surface area contributed by atoms with Crippen molar-refractivity contribution in [1.29, 1.82) is 0 Å². The van der Waals surface area contributed by atoms with Crippen molar-refractivity contribution in [3.8, 4) is 5.75 Å². The zero-order chi connectivity index (χ0) is 16.9. The molecule has 24 heavy (non-hydrogen) atoms. The van der Waals surface area contributed by atoms with Gasteiger partial charge >= 0.3 is 0 Å². The first kappa shape index (κ1) is 15.8. The van der Waals surface area contributed by atoms with Crippen LogP contribution < -0.4 is 14.9 Å². The normalized spacial score (nSPS) is 11.9. The van der Waals surface area contributed by atoms with Gasteiger partial charge in [-0.25, -0.2) is 0 Å². The van der Waals surface area contributed by atoms with Crippen molar-refractivity contribution in [2.75, 3.05) is 7.11 Å². The third kappa shape index (κ3) is 3.45. The predicted molar refractivity (Wildman–Crippen MR) is 88.4 cm³/mol. The monoisotopic (exact) mass is 326 g/mol. The second kappa shape index (κ2) is 6.99. The molecule has 1 amide bonds. The van der Waals surface area contributed by atoms with E-state index in [2.05, 4.69) is 15.6 Å². The van der Waals surface area contributed by atoms with E-state index in [0.29, 0.717) is 17.6 Å².